The fourth-order valence-corrected chi connectivity index (χ4v) is 1.26. The van der Waals surface area contributed by atoms with Crippen LogP contribution in [-0.2, 0) is 9.53 Å². The number of hydrogen-bond acceptors (Lipinski definition) is 4. The predicted octanol–water partition coefficient (Wildman–Crippen LogP) is 0.956. The van der Waals surface area contributed by atoms with Crippen LogP contribution >= 0.6 is 11.6 Å². The molecule has 88 valence electrons. The highest BCUT2D eigenvalue weighted by Crippen LogP contribution is 2.16. The largest absolute Gasteiger partial charge is 0.370 e. The molecule has 0 aliphatic heterocycles. The maximum Gasteiger partial charge on any atom is 0.254 e. The molecule has 0 bridgehead atoms. The number of methoxy groups -OCH3 is 1. The topological polar surface area (TPSA) is 77.2 Å². The first-order chi connectivity index (χ1) is 7.58. The zero-order valence-electron chi connectivity index (χ0n) is 9.16. The molecular formula is C10H14ClN3O2. The van der Waals surface area contributed by atoms with Crippen molar-refractivity contribution >= 4 is 23.2 Å². The van der Waals surface area contributed by atoms with E-state index in [0.29, 0.717) is 10.8 Å². The molecule has 0 aliphatic rings. The number of aromatic nitrogens is 1. The van der Waals surface area contributed by atoms with Crippen molar-refractivity contribution in [3.8, 4) is 0 Å². The van der Waals surface area contributed by atoms with Crippen LogP contribution in [0.2, 0.25) is 5.15 Å². The first kappa shape index (κ1) is 12.9. The molecule has 6 heteroatoms. The Kier molecular flexibility index (Phi) is 4.67. The number of amides is 1. The number of rotatable bonds is 4. The number of aryl methyl sites for hydroxylation is 1. The fourth-order valence-electron chi connectivity index (χ4n) is 1.16. The highest BCUT2D eigenvalue weighted by molar-refractivity contribution is 6.30. The molecule has 0 aromatic carbocycles. The second-order valence-corrected chi connectivity index (χ2v) is 3.64. The summed E-state index contributed by atoms with van der Waals surface area (Å²) >= 11 is 5.77. The van der Waals surface area contributed by atoms with E-state index in [1.54, 1.807) is 6.07 Å². The minimum absolute atomic E-state index is 0.127. The average molecular weight is 244 g/mol. The van der Waals surface area contributed by atoms with Crippen LogP contribution in [0.5, 0.6) is 0 Å². The van der Waals surface area contributed by atoms with Crippen LogP contribution in [-0.4, -0.2) is 30.6 Å². The van der Waals surface area contributed by atoms with Crippen molar-refractivity contribution in [2.75, 3.05) is 19.0 Å². The lowest BCUT2D eigenvalue weighted by Crippen LogP contribution is -2.35. The summed E-state index contributed by atoms with van der Waals surface area (Å²) in [5.74, 6) is -0.298. The Morgan fingerprint density at radius 1 is 1.75 bits per heavy atom. The number of halogens is 1. The number of carbonyl (C=O) groups is 1. The number of pyridine rings is 1. The summed E-state index contributed by atoms with van der Waals surface area (Å²) in [6.07, 6.45) is 0.826. The quantitative estimate of drug-likeness (QED) is 0.772. The Bertz CT molecular complexity index is 380. The zero-order chi connectivity index (χ0) is 12.1. The Balaban J connectivity index is 2.73. The highest BCUT2D eigenvalue weighted by atomic mass is 35.5. The van der Waals surface area contributed by atoms with Gasteiger partial charge in [0.1, 0.15) is 11.3 Å². The summed E-state index contributed by atoms with van der Waals surface area (Å²) in [6, 6.07) is 1.73. The van der Waals surface area contributed by atoms with Crippen molar-refractivity contribution < 1.29 is 9.53 Å². The van der Waals surface area contributed by atoms with Crippen molar-refractivity contribution in [1.82, 2.24) is 4.98 Å². The molecule has 1 aromatic heterocycles. The van der Waals surface area contributed by atoms with E-state index in [1.807, 2.05) is 6.92 Å². The maximum absolute atomic E-state index is 11.6. The second kappa shape index (κ2) is 5.79. The molecule has 1 heterocycles. The number of anilines is 1. The van der Waals surface area contributed by atoms with E-state index in [9.17, 15) is 4.79 Å². The zero-order valence-corrected chi connectivity index (χ0v) is 9.91. The summed E-state index contributed by atoms with van der Waals surface area (Å²) < 4.78 is 4.90. The molecule has 1 atom stereocenters. The molecule has 0 fully saturated rings. The molecule has 1 rings (SSSR count). The lowest BCUT2D eigenvalue weighted by molar-refractivity contribution is -0.125. The van der Waals surface area contributed by atoms with Crippen LogP contribution in [0.25, 0.3) is 0 Å². The average Bonchev–Trinajstić information content (AvgIpc) is 2.25. The van der Waals surface area contributed by atoms with Gasteiger partial charge in [0.15, 0.2) is 0 Å². The van der Waals surface area contributed by atoms with E-state index < -0.39 is 6.10 Å². The minimum Gasteiger partial charge on any atom is -0.370 e. The first-order valence-electron chi connectivity index (χ1n) is 4.74. The second-order valence-electron chi connectivity index (χ2n) is 3.28. The number of carbonyl (C=O) groups excluding carboxylic acids is 1. The van der Waals surface area contributed by atoms with E-state index >= 15 is 0 Å². The van der Waals surface area contributed by atoms with Crippen LogP contribution < -0.4 is 11.1 Å². The van der Waals surface area contributed by atoms with Gasteiger partial charge in [-0.05, 0) is 18.6 Å². The maximum atomic E-state index is 11.6. The lowest BCUT2D eigenvalue weighted by Gasteiger charge is -2.13. The van der Waals surface area contributed by atoms with Gasteiger partial charge in [0, 0.05) is 13.7 Å². The molecule has 5 nitrogen and oxygen atoms in total. The number of nitrogens with two attached hydrogens (primary N) is 1. The van der Waals surface area contributed by atoms with Gasteiger partial charge >= 0.3 is 0 Å². The van der Waals surface area contributed by atoms with Gasteiger partial charge in [0.2, 0.25) is 0 Å². The van der Waals surface area contributed by atoms with Crippen molar-refractivity contribution in [2.45, 2.75) is 13.0 Å². The van der Waals surface area contributed by atoms with E-state index in [1.165, 1.54) is 13.3 Å². The Morgan fingerprint density at radius 3 is 2.94 bits per heavy atom. The molecule has 0 spiro atoms. The van der Waals surface area contributed by atoms with Crippen molar-refractivity contribution in [1.29, 1.82) is 0 Å². The van der Waals surface area contributed by atoms with Gasteiger partial charge in [-0.2, -0.15) is 0 Å². The predicted molar refractivity (Wildman–Crippen MR) is 62.5 cm³/mol. The summed E-state index contributed by atoms with van der Waals surface area (Å²) in [5, 5.41) is 3.06. The Hall–Kier alpha value is -1.17. The van der Waals surface area contributed by atoms with Crippen molar-refractivity contribution in [3.05, 3.63) is 23.0 Å². The van der Waals surface area contributed by atoms with Crippen LogP contribution in [0.4, 0.5) is 5.69 Å². The molecule has 0 saturated heterocycles. The molecule has 1 aromatic rings. The van der Waals surface area contributed by atoms with Gasteiger partial charge in [-0.15, -0.1) is 0 Å². The minimum atomic E-state index is -0.656. The third-order valence-electron chi connectivity index (χ3n) is 2.07. The van der Waals surface area contributed by atoms with Gasteiger partial charge in [0.25, 0.3) is 5.91 Å². The molecule has 16 heavy (non-hydrogen) atoms. The number of ether oxygens (including phenoxy) is 1. The number of nitrogens with zero attached hydrogens (tertiary/aromatic N) is 1. The smallest absolute Gasteiger partial charge is 0.254 e. The number of nitrogens with one attached hydrogen (secondary N) is 1. The lowest BCUT2D eigenvalue weighted by atomic mass is 10.2. The van der Waals surface area contributed by atoms with E-state index in [2.05, 4.69) is 10.3 Å². The van der Waals surface area contributed by atoms with E-state index in [-0.39, 0.29) is 12.5 Å². The van der Waals surface area contributed by atoms with Gasteiger partial charge in [0.05, 0.1) is 11.9 Å². The third kappa shape index (κ3) is 3.16. The summed E-state index contributed by atoms with van der Waals surface area (Å²) in [6.45, 7) is 1.93. The normalized spacial score (nSPS) is 12.2. The fraction of sp³-hybridized carbons (Fsp3) is 0.400. The number of hydrogen-bond donors (Lipinski definition) is 2. The molecular weight excluding hydrogens is 230 g/mol. The summed E-state index contributed by atoms with van der Waals surface area (Å²) in [4.78, 5) is 15.5. The highest BCUT2D eigenvalue weighted by Gasteiger charge is 2.15. The summed E-state index contributed by atoms with van der Waals surface area (Å²) in [5.41, 5.74) is 6.73. The molecule has 1 unspecified atom stereocenters. The van der Waals surface area contributed by atoms with Crippen LogP contribution in [0.3, 0.4) is 0 Å². The standard InChI is InChI=1S/C10H14ClN3O2/c1-6-3-7(5-13-9(6)11)14-10(15)8(4-12)16-2/h3,5,8H,4,12H2,1-2H3,(H,14,15). The van der Waals surface area contributed by atoms with Gasteiger partial charge in [-0.3, -0.25) is 4.79 Å². The van der Waals surface area contributed by atoms with Crippen LogP contribution in [0, 0.1) is 6.92 Å². The molecule has 0 aliphatic carbocycles. The van der Waals surface area contributed by atoms with Gasteiger partial charge < -0.3 is 15.8 Å². The van der Waals surface area contributed by atoms with Gasteiger partial charge in [-0.25, -0.2) is 4.98 Å². The Labute approximate surface area is 98.9 Å². The molecule has 0 saturated carbocycles. The van der Waals surface area contributed by atoms with Crippen molar-refractivity contribution in [3.63, 3.8) is 0 Å². The first-order valence-corrected chi connectivity index (χ1v) is 5.12. The Morgan fingerprint density at radius 2 is 2.44 bits per heavy atom. The van der Waals surface area contributed by atoms with Gasteiger partial charge in [-0.1, -0.05) is 11.6 Å². The van der Waals surface area contributed by atoms with Crippen LogP contribution in [0.15, 0.2) is 12.3 Å². The molecule has 1 amide bonds. The SMILES string of the molecule is COC(CN)C(=O)Nc1cnc(Cl)c(C)c1. The molecule has 0 radical (unpaired) electrons. The third-order valence-corrected chi connectivity index (χ3v) is 2.47. The summed E-state index contributed by atoms with van der Waals surface area (Å²) in [7, 11) is 1.43. The van der Waals surface area contributed by atoms with E-state index in [4.69, 9.17) is 22.1 Å². The van der Waals surface area contributed by atoms with Crippen LogP contribution in [0.1, 0.15) is 5.56 Å². The monoisotopic (exact) mass is 243 g/mol. The van der Waals surface area contributed by atoms with E-state index in [0.717, 1.165) is 5.56 Å². The molecule has 3 N–H and O–H groups in total. The van der Waals surface area contributed by atoms with Crippen molar-refractivity contribution in [2.24, 2.45) is 5.73 Å².